The van der Waals surface area contributed by atoms with Gasteiger partial charge in [-0.05, 0) is 61.6 Å². The Balaban J connectivity index is 1.31. The van der Waals surface area contributed by atoms with Gasteiger partial charge in [0.2, 0.25) is 0 Å². The first-order valence-electron chi connectivity index (χ1n) is 9.85. The maximum atomic E-state index is 12.4. The number of nitrogens with one attached hydrogen (secondary N) is 1. The van der Waals surface area contributed by atoms with Crippen molar-refractivity contribution in [3.05, 3.63) is 64.1 Å². The number of aryl methyl sites for hydroxylation is 2. The van der Waals surface area contributed by atoms with Crippen molar-refractivity contribution >= 4 is 28.3 Å². The van der Waals surface area contributed by atoms with Crippen LogP contribution < -0.4 is 10.1 Å². The molecule has 8 heteroatoms. The lowest BCUT2D eigenvalue weighted by atomic mass is 10.1. The topological polar surface area (TPSA) is 90.7 Å². The molecule has 0 unspecified atom stereocenters. The summed E-state index contributed by atoms with van der Waals surface area (Å²) < 4.78 is 16.3. The molecule has 4 rings (SSSR count). The Bertz CT molecular complexity index is 1060. The van der Waals surface area contributed by atoms with Crippen LogP contribution in [0.2, 0.25) is 0 Å². The zero-order valence-corrected chi connectivity index (χ0v) is 17.4. The first kappa shape index (κ1) is 20.2. The van der Waals surface area contributed by atoms with Crippen LogP contribution in [0.5, 0.6) is 5.75 Å². The molecular weight excluding hydrogens is 404 g/mol. The Morgan fingerprint density at radius 1 is 1.20 bits per heavy atom. The number of aromatic nitrogens is 1. The molecule has 30 heavy (non-hydrogen) atoms. The molecule has 2 aromatic heterocycles. The van der Waals surface area contributed by atoms with Gasteiger partial charge in [-0.25, -0.2) is 4.98 Å². The maximum absolute atomic E-state index is 12.4. The molecule has 1 aliphatic rings. The van der Waals surface area contributed by atoms with E-state index in [0.29, 0.717) is 23.2 Å². The molecule has 0 bridgehead atoms. The summed E-state index contributed by atoms with van der Waals surface area (Å²) in [6, 6.07) is 9.48. The maximum Gasteiger partial charge on any atom is 0.311 e. The Labute approximate surface area is 178 Å². The third-order valence-electron chi connectivity index (χ3n) is 4.74. The smallest absolute Gasteiger partial charge is 0.311 e. The summed E-state index contributed by atoms with van der Waals surface area (Å²) in [5.74, 6) is 0.776. The van der Waals surface area contributed by atoms with E-state index in [1.807, 2.05) is 6.07 Å². The summed E-state index contributed by atoms with van der Waals surface area (Å²) in [6.07, 6.45) is 3.50. The Morgan fingerprint density at radius 3 is 2.93 bits per heavy atom. The van der Waals surface area contributed by atoms with Gasteiger partial charge in [-0.15, -0.1) is 11.3 Å². The van der Waals surface area contributed by atoms with Crippen molar-refractivity contribution < 1.29 is 23.5 Å². The van der Waals surface area contributed by atoms with Gasteiger partial charge in [0.1, 0.15) is 18.1 Å². The van der Waals surface area contributed by atoms with E-state index in [9.17, 15) is 9.59 Å². The number of thiazole rings is 1. The summed E-state index contributed by atoms with van der Waals surface area (Å²) in [5.41, 5.74) is 3.29. The monoisotopic (exact) mass is 426 g/mol. The molecule has 2 heterocycles. The molecule has 0 saturated carbocycles. The van der Waals surface area contributed by atoms with Gasteiger partial charge in [0.05, 0.1) is 18.7 Å². The van der Waals surface area contributed by atoms with E-state index in [0.717, 1.165) is 18.6 Å². The third kappa shape index (κ3) is 4.88. The Morgan fingerprint density at radius 2 is 2.07 bits per heavy atom. The number of hydrogen-bond donors (Lipinski definition) is 1. The second kappa shape index (κ2) is 9.13. The summed E-state index contributed by atoms with van der Waals surface area (Å²) in [6.45, 7) is 2.32. The molecule has 0 saturated heterocycles. The highest BCUT2D eigenvalue weighted by atomic mass is 32.1. The molecule has 0 spiro atoms. The molecule has 1 amide bonds. The van der Waals surface area contributed by atoms with Gasteiger partial charge >= 0.3 is 5.97 Å². The molecule has 3 aromatic rings. The van der Waals surface area contributed by atoms with E-state index in [-0.39, 0.29) is 24.8 Å². The average molecular weight is 426 g/mol. The van der Waals surface area contributed by atoms with Gasteiger partial charge in [0.25, 0.3) is 5.91 Å². The fourth-order valence-corrected chi connectivity index (χ4v) is 4.04. The number of hydrogen-bond acceptors (Lipinski definition) is 7. The number of rotatable bonds is 8. The number of ether oxygens (including phenoxy) is 2. The van der Waals surface area contributed by atoms with Crippen LogP contribution in [0.15, 0.2) is 40.1 Å². The van der Waals surface area contributed by atoms with Crippen LogP contribution >= 0.6 is 11.3 Å². The largest absolute Gasteiger partial charge is 0.486 e. The highest BCUT2D eigenvalue weighted by Gasteiger charge is 2.16. The van der Waals surface area contributed by atoms with E-state index in [2.05, 4.69) is 22.4 Å². The number of carbonyl (C=O) groups is 2. The molecule has 156 valence electrons. The number of fused-ring (bicyclic) bond motifs is 1. The van der Waals surface area contributed by atoms with Crippen LogP contribution in [0.4, 0.5) is 5.13 Å². The number of nitrogens with zero attached hydrogens (tertiary/aromatic N) is 1. The number of benzene rings is 1. The number of carbonyl (C=O) groups excluding carboxylic acids is 2. The van der Waals surface area contributed by atoms with Crippen LogP contribution in [-0.2, 0) is 35.4 Å². The zero-order chi connectivity index (χ0) is 20.9. The minimum Gasteiger partial charge on any atom is -0.486 e. The summed E-state index contributed by atoms with van der Waals surface area (Å²) >= 11 is 1.24. The highest BCUT2D eigenvalue weighted by molar-refractivity contribution is 7.14. The lowest BCUT2D eigenvalue weighted by Crippen LogP contribution is -2.11. The van der Waals surface area contributed by atoms with Crippen LogP contribution in [0, 0.1) is 0 Å². The van der Waals surface area contributed by atoms with Gasteiger partial charge in [-0.2, -0.15) is 0 Å². The van der Waals surface area contributed by atoms with Gasteiger partial charge in [-0.3, -0.25) is 14.9 Å². The predicted octanol–water partition coefficient (Wildman–Crippen LogP) is 4.16. The van der Waals surface area contributed by atoms with E-state index >= 15 is 0 Å². The van der Waals surface area contributed by atoms with E-state index in [1.165, 1.54) is 28.9 Å². The quantitative estimate of drug-likeness (QED) is 0.544. The van der Waals surface area contributed by atoms with Gasteiger partial charge < -0.3 is 13.9 Å². The van der Waals surface area contributed by atoms with Crippen molar-refractivity contribution in [2.45, 2.75) is 39.2 Å². The molecule has 7 nitrogen and oxygen atoms in total. The summed E-state index contributed by atoms with van der Waals surface area (Å²) in [5, 5.41) is 4.79. The second-order valence-corrected chi connectivity index (χ2v) is 7.78. The van der Waals surface area contributed by atoms with Crippen molar-refractivity contribution in [3.8, 4) is 5.75 Å². The van der Waals surface area contributed by atoms with E-state index < -0.39 is 5.91 Å². The Kier molecular flexibility index (Phi) is 6.13. The third-order valence-corrected chi connectivity index (χ3v) is 5.55. The molecular formula is C22H22N2O5S. The molecule has 0 atom stereocenters. The van der Waals surface area contributed by atoms with Crippen molar-refractivity contribution in [2.75, 3.05) is 11.9 Å². The Hall–Kier alpha value is -3.13. The predicted molar refractivity (Wildman–Crippen MR) is 112 cm³/mol. The fourth-order valence-electron chi connectivity index (χ4n) is 3.33. The summed E-state index contributed by atoms with van der Waals surface area (Å²) in [4.78, 5) is 28.1. The SMILES string of the molecule is CCOC(=O)Cc1csc(NC(=O)c2ccc(COc3ccc4c(c3)CCC4)o2)n1. The minimum atomic E-state index is -0.407. The van der Waals surface area contributed by atoms with Crippen molar-refractivity contribution in [1.29, 1.82) is 0 Å². The summed E-state index contributed by atoms with van der Waals surface area (Å²) in [7, 11) is 0. The first-order chi connectivity index (χ1) is 14.6. The highest BCUT2D eigenvalue weighted by Crippen LogP contribution is 2.26. The van der Waals surface area contributed by atoms with E-state index in [1.54, 1.807) is 24.4 Å². The average Bonchev–Trinajstić information content (AvgIpc) is 3.47. The number of anilines is 1. The molecule has 0 radical (unpaired) electrons. The number of esters is 1. The lowest BCUT2D eigenvalue weighted by molar-refractivity contribution is -0.142. The fraction of sp³-hybridized carbons (Fsp3) is 0.318. The zero-order valence-electron chi connectivity index (χ0n) is 16.6. The molecule has 0 fully saturated rings. The molecule has 0 aliphatic heterocycles. The standard InChI is InChI=1S/C22H22N2O5S/c1-2-27-20(25)11-16-13-30-22(23-16)24-21(26)19-9-8-18(29-19)12-28-17-7-6-14-4-3-5-15(14)10-17/h6-10,13H,2-5,11-12H2,1H3,(H,23,24,26). The van der Waals surface area contributed by atoms with Gasteiger partial charge in [-0.1, -0.05) is 6.07 Å². The number of furan rings is 1. The van der Waals surface area contributed by atoms with Crippen LogP contribution in [0.1, 0.15) is 46.5 Å². The normalized spacial score (nSPS) is 12.4. The van der Waals surface area contributed by atoms with Gasteiger partial charge in [0.15, 0.2) is 10.9 Å². The first-order valence-corrected chi connectivity index (χ1v) is 10.7. The van der Waals surface area contributed by atoms with Crippen LogP contribution in [0.3, 0.4) is 0 Å². The number of amides is 1. The second-order valence-electron chi connectivity index (χ2n) is 6.92. The van der Waals surface area contributed by atoms with Crippen molar-refractivity contribution in [1.82, 2.24) is 4.98 Å². The molecule has 1 aliphatic carbocycles. The van der Waals surface area contributed by atoms with Crippen molar-refractivity contribution in [2.24, 2.45) is 0 Å². The molecule has 1 aromatic carbocycles. The molecule has 1 N–H and O–H groups in total. The van der Waals surface area contributed by atoms with Crippen LogP contribution in [-0.4, -0.2) is 23.5 Å². The lowest BCUT2D eigenvalue weighted by Gasteiger charge is -2.06. The van der Waals surface area contributed by atoms with Crippen LogP contribution in [0.25, 0.3) is 0 Å². The van der Waals surface area contributed by atoms with E-state index in [4.69, 9.17) is 13.9 Å². The van der Waals surface area contributed by atoms with Gasteiger partial charge in [0, 0.05) is 5.38 Å². The van der Waals surface area contributed by atoms with Crippen molar-refractivity contribution in [3.63, 3.8) is 0 Å². The minimum absolute atomic E-state index is 0.0745.